The number of phenols is 1. The predicted molar refractivity (Wildman–Crippen MR) is 116 cm³/mol. The Morgan fingerprint density at radius 2 is 1.72 bits per heavy atom. The van der Waals surface area contributed by atoms with Crippen LogP contribution in [0.2, 0.25) is 0 Å². The summed E-state index contributed by atoms with van der Waals surface area (Å²) in [5.41, 5.74) is 2.08. The van der Waals surface area contributed by atoms with Crippen LogP contribution in [-0.2, 0) is 4.79 Å². The molecule has 1 heterocycles. The van der Waals surface area contributed by atoms with E-state index in [0.717, 1.165) is 45.6 Å². The van der Waals surface area contributed by atoms with Gasteiger partial charge < -0.3 is 15.3 Å². The van der Waals surface area contributed by atoms with Crippen LogP contribution in [0, 0.1) is 0 Å². The van der Waals surface area contributed by atoms with Crippen LogP contribution < -0.4 is 10.2 Å². The molecule has 2 aromatic rings. The number of anilines is 2. The lowest BCUT2D eigenvalue weighted by molar-refractivity contribution is -0.114. The summed E-state index contributed by atoms with van der Waals surface area (Å²) in [6, 6.07) is 15.1. The monoisotopic (exact) mass is 395 g/mol. The molecule has 6 heteroatoms. The maximum atomic E-state index is 12.4. The Morgan fingerprint density at radius 1 is 1.00 bits per heavy atom. The molecule has 6 nitrogen and oxygen atoms in total. The molecular formula is C23H29N3O3. The van der Waals surface area contributed by atoms with Crippen LogP contribution in [0.5, 0.6) is 5.75 Å². The summed E-state index contributed by atoms with van der Waals surface area (Å²) in [5.74, 6) is -0.283. The van der Waals surface area contributed by atoms with Gasteiger partial charge in [-0.3, -0.25) is 14.5 Å². The van der Waals surface area contributed by atoms with Crippen molar-refractivity contribution in [2.24, 2.45) is 0 Å². The van der Waals surface area contributed by atoms with Gasteiger partial charge in [-0.05, 0) is 49.7 Å². The zero-order chi connectivity index (χ0) is 20.6. The molecule has 1 amide bonds. The lowest BCUT2D eigenvalue weighted by Crippen LogP contribution is -2.46. The van der Waals surface area contributed by atoms with Gasteiger partial charge in [0.05, 0.1) is 5.69 Å². The first kappa shape index (κ1) is 20.9. The number of carbonyl (C=O) groups is 2. The molecule has 2 N–H and O–H groups in total. The summed E-state index contributed by atoms with van der Waals surface area (Å²) >= 11 is 0. The number of phenolic OH excluding ortho intramolecular Hbond substituents is 1. The van der Waals surface area contributed by atoms with Crippen LogP contribution in [0.25, 0.3) is 0 Å². The van der Waals surface area contributed by atoms with E-state index in [1.165, 1.54) is 18.7 Å². The number of rotatable bonds is 8. The fraction of sp³-hybridized carbons (Fsp3) is 0.391. The molecule has 0 aromatic heterocycles. The number of hydrogen-bond acceptors (Lipinski definition) is 5. The molecule has 1 aliphatic heterocycles. The van der Waals surface area contributed by atoms with Crippen molar-refractivity contribution in [1.82, 2.24) is 4.90 Å². The molecular weight excluding hydrogens is 366 g/mol. The molecule has 0 aliphatic carbocycles. The van der Waals surface area contributed by atoms with Crippen molar-refractivity contribution in [2.45, 2.75) is 26.2 Å². The van der Waals surface area contributed by atoms with E-state index in [-0.39, 0.29) is 23.1 Å². The van der Waals surface area contributed by atoms with Crippen LogP contribution in [-0.4, -0.2) is 54.4 Å². The molecule has 0 bridgehead atoms. The number of ketones is 1. The van der Waals surface area contributed by atoms with Gasteiger partial charge in [0.15, 0.2) is 5.78 Å². The van der Waals surface area contributed by atoms with Gasteiger partial charge in [-0.15, -0.1) is 0 Å². The molecule has 1 saturated heterocycles. The van der Waals surface area contributed by atoms with Gasteiger partial charge >= 0.3 is 0 Å². The summed E-state index contributed by atoms with van der Waals surface area (Å²) in [7, 11) is 0. The predicted octanol–water partition coefficient (Wildman–Crippen LogP) is 3.53. The van der Waals surface area contributed by atoms with Crippen LogP contribution in [0.3, 0.4) is 0 Å². The van der Waals surface area contributed by atoms with Crippen molar-refractivity contribution in [3.05, 3.63) is 54.1 Å². The van der Waals surface area contributed by atoms with Gasteiger partial charge in [0.1, 0.15) is 5.75 Å². The molecule has 1 aliphatic rings. The second-order valence-electron chi connectivity index (χ2n) is 7.46. The maximum absolute atomic E-state index is 12.4. The van der Waals surface area contributed by atoms with Gasteiger partial charge in [-0.1, -0.05) is 18.2 Å². The fourth-order valence-electron chi connectivity index (χ4n) is 3.63. The van der Waals surface area contributed by atoms with E-state index in [4.69, 9.17) is 0 Å². The second kappa shape index (κ2) is 10.1. The number of benzene rings is 2. The molecule has 1 fully saturated rings. The Balaban J connectivity index is 1.39. The van der Waals surface area contributed by atoms with Crippen LogP contribution in [0.15, 0.2) is 48.5 Å². The Kier molecular flexibility index (Phi) is 7.25. The Morgan fingerprint density at radius 3 is 2.41 bits per heavy atom. The number of para-hydroxylation sites is 1. The minimum absolute atomic E-state index is 0.0329. The van der Waals surface area contributed by atoms with Crippen LogP contribution >= 0.6 is 0 Å². The molecule has 2 aromatic carbocycles. The normalized spacial score (nSPS) is 14.6. The van der Waals surface area contributed by atoms with Gasteiger partial charge in [0.25, 0.3) is 0 Å². The third kappa shape index (κ3) is 6.06. The van der Waals surface area contributed by atoms with Crippen molar-refractivity contribution in [1.29, 1.82) is 0 Å². The number of unbranched alkanes of at least 4 members (excludes halogenated alkanes) is 1. The van der Waals surface area contributed by atoms with Crippen molar-refractivity contribution < 1.29 is 14.7 Å². The minimum atomic E-state index is -0.280. The Hall–Kier alpha value is -2.86. The van der Waals surface area contributed by atoms with Crippen molar-refractivity contribution in [2.75, 3.05) is 42.9 Å². The van der Waals surface area contributed by atoms with E-state index in [2.05, 4.69) is 39.4 Å². The highest BCUT2D eigenvalue weighted by Gasteiger charge is 2.17. The first-order valence-electron chi connectivity index (χ1n) is 10.2. The number of Topliss-reactive ketones (excluding diaryl/α,β-unsaturated/α-hetero) is 1. The molecule has 0 unspecified atom stereocenters. The number of piperazine rings is 1. The fourth-order valence-corrected chi connectivity index (χ4v) is 3.63. The standard InChI is InChI=1S/C23H29N3O3/c1-18(27)24-21-17-19(10-11-23(21)29)22(28)9-5-6-12-25-13-15-26(16-14-25)20-7-3-2-4-8-20/h2-4,7-8,10-11,17,29H,5-6,9,12-16H2,1H3,(H,24,27). The van der Waals surface area contributed by atoms with E-state index in [1.54, 1.807) is 12.1 Å². The largest absolute Gasteiger partial charge is 0.506 e. The van der Waals surface area contributed by atoms with E-state index in [9.17, 15) is 14.7 Å². The van der Waals surface area contributed by atoms with Crippen LogP contribution in [0.1, 0.15) is 36.5 Å². The molecule has 0 radical (unpaired) electrons. The smallest absolute Gasteiger partial charge is 0.221 e. The van der Waals surface area contributed by atoms with Crippen molar-refractivity contribution >= 4 is 23.1 Å². The maximum Gasteiger partial charge on any atom is 0.221 e. The molecule has 29 heavy (non-hydrogen) atoms. The Labute approximate surface area is 172 Å². The minimum Gasteiger partial charge on any atom is -0.506 e. The first-order chi connectivity index (χ1) is 14.0. The topological polar surface area (TPSA) is 72.9 Å². The summed E-state index contributed by atoms with van der Waals surface area (Å²) in [5, 5.41) is 12.3. The van der Waals surface area contributed by atoms with E-state index in [0.29, 0.717) is 12.0 Å². The average Bonchev–Trinajstić information content (AvgIpc) is 2.73. The zero-order valence-corrected chi connectivity index (χ0v) is 16.9. The van der Waals surface area contributed by atoms with Crippen molar-refractivity contribution in [3.8, 4) is 5.75 Å². The summed E-state index contributed by atoms with van der Waals surface area (Å²) < 4.78 is 0. The van der Waals surface area contributed by atoms with Crippen LogP contribution in [0.4, 0.5) is 11.4 Å². The number of hydrogen-bond donors (Lipinski definition) is 2. The van der Waals surface area contributed by atoms with Gasteiger partial charge in [-0.25, -0.2) is 0 Å². The lowest BCUT2D eigenvalue weighted by Gasteiger charge is -2.36. The highest BCUT2D eigenvalue weighted by atomic mass is 16.3. The third-order valence-electron chi connectivity index (χ3n) is 5.25. The highest BCUT2D eigenvalue weighted by Crippen LogP contribution is 2.25. The number of nitrogens with one attached hydrogen (secondary N) is 1. The number of amides is 1. The van der Waals surface area contributed by atoms with E-state index < -0.39 is 0 Å². The summed E-state index contributed by atoms with van der Waals surface area (Å²) in [6.45, 7) is 6.52. The summed E-state index contributed by atoms with van der Waals surface area (Å²) in [4.78, 5) is 28.5. The molecule has 154 valence electrons. The molecule has 0 spiro atoms. The SMILES string of the molecule is CC(=O)Nc1cc(C(=O)CCCCN2CCN(c3ccccc3)CC2)ccc1O. The van der Waals surface area contributed by atoms with Gasteiger partial charge in [0.2, 0.25) is 5.91 Å². The number of carbonyl (C=O) groups excluding carboxylic acids is 2. The highest BCUT2D eigenvalue weighted by molar-refractivity contribution is 5.99. The van der Waals surface area contributed by atoms with E-state index in [1.807, 2.05) is 6.07 Å². The number of nitrogens with zero attached hydrogens (tertiary/aromatic N) is 2. The lowest BCUT2D eigenvalue weighted by atomic mass is 10.0. The Bertz CT molecular complexity index is 831. The zero-order valence-electron chi connectivity index (χ0n) is 16.9. The third-order valence-corrected chi connectivity index (χ3v) is 5.25. The second-order valence-corrected chi connectivity index (χ2v) is 7.46. The average molecular weight is 396 g/mol. The quantitative estimate of drug-likeness (QED) is 0.406. The van der Waals surface area contributed by atoms with Gasteiger partial charge in [-0.2, -0.15) is 0 Å². The first-order valence-corrected chi connectivity index (χ1v) is 10.2. The summed E-state index contributed by atoms with van der Waals surface area (Å²) in [6.07, 6.45) is 2.27. The molecule has 0 saturated carbocycles. The molecule has 3 rings (SSSR count). The number of aromatic hydroxyl groups is 1. The van der Waals surface area contributed by atoms with Gasteiger partial charge in [0, 0.05) is 50.8 Å². The van der Waals surface area contributed by atoms with E-state index >= 15 is 0 Å². The molecule has 0 atom stereocenters. The van der Waals surface area contributed by atoms with Crippen molar-refractivity contribution in [3.63, 3.8) is 0 Å².